The lowest BCUT2D eigenvalue weighted by atomic mass is 9.90. The van der Waals surface area contributed by atoms with Crippen LogP contribution in [0.4, 0.5) is 0 Å². The van der Waals surface area contributed by atoms with Crippen molar-refractivity contribution in [1.29, 1.82) is 0 Å². The van der Waals surface area contributed by atoms with Gasteiger partial charge >= 0.3 is 0 Å². The van der Waals surface area contributed by atoms with Crippen LogP contribution < -0.4 is 0 Å². The van der Waals surface area contributed by atoms with E-state index in [1.54, 1.807) is 0 Å². The summed E-state index contributed by atoms with van der Waals surface area (Å²) >= 11 is 0. The molecule has 0 aromatic carbocycles. The van der Waals surface area contributed by atoms with Crippen molar-refractivity contribution in [3.8, 4) is 0 Å². The summed E-state index contributed by atoms with van der Waals surface area (Å²) in [5.41, 5.74) is 0. The molecule has 84 valence electrons. The van der Waals surface area contributed by atoms with Crippen molar-refractivity contribution < 1.29 is 5.11 Å². The number of aliphatic hydroxyl groups is 1. The summed E-state index contributed by atoms with van der Waals surface area (Å²) in [5, 5.41) is 9.02. The molecule has 0 heterocycles. The number of hydrogen-bond acceptors (Lipinski definition) is 2. The highest BCUT2D eigenvalue weighted by Crippen LogP contribution is 2.26. The minimum atomic E-state index is 0.316. The third-order valence-corrected chi connectivity index (χ3v) is 3.63. The summed E-state index contributed by atoms with van der Waals surface area (Å²) in [6.07, 6.45) is 6.62. The normalized spacial score (nSPS) is 17.8. The fourth-order valence-electron chi connectivity index (χ4n) is 2.18. The van der Waals surface area contributed by atoms with E-state index in [9.17, 15) is 0 Å². The molecule has 14 heavy (non-hydrogen) atoms. The molecule has 1 fully saturated rings. The average molecular weight is 199 g/mol. The molecule has 1 rings (SSSR count). The fourth-order valence-corrected chi connectivity index (χ4v) is 2.18. The zero-order valence-corrected chi connectivity index (χ0v) is 9.71. The molecule has 1 saturated carbocycles. The largest absolute Gasteiger partial charge is 0.395 e. The van der Waals surface area contributed by atoms with Gasteiger partial charge in [-0.1, -0.05) is 33.1 Å². The van der Waals surface area contributed by atoms with Crippen molar-refractivity contribution in [3.05, 3.63) is 0 Å². The van der Waals surface area contributed by atoms with Gasteiger partial charge in [0.1, 0.15) is 0 Å². The van der Waals surface area contributed by atoms with Crippen LogP contribution in [0.5, 0.6) is 0 Å². The van der Waals surface area contributed by atoms with Crippen molar-refractivity contribution in [2.24, 2.45) is 5.92 Å². The number of hydrogen-bond donors (Lipinski definition) is 1. The van der Waals surface area contributed by atoms with Gasteiger partial charge in [0.05, 0.1) is 6.61 Å². The van der Waals surface area contributed by atoms with Gasteiger partial charge in [-0.15, -0.1) is 0 Å². The zero-order chi connectivity index (χ0) is 10.4. The van der Waals surface area contributed by atoms with Crippen LogP contribution in [-0.4, -0.2) is 35.7 Å². The van der Waals surface area contributed by atoms with E-state index < -0.39 is 0 Å². The van der Waals surface area contributed by atoms with Crippen molar-refractivity contribution in [2.45, 2.75) is 52.0 Å². The highest BCUT2D eigenvalue weighted by Gasteiger charge is 2.25. The van der Waals surface area contributed by atoms with E-state index in [1.807, 2.05) is 0 Å². The van der Waals surface area contributed by atoms with Crippen LogP contribution in [0.25, 0.3) is 0 Å². The first-order valence-electron chi connectivity index (χ1n) is 6.16. The first-order valence-corrected chi connectivity index (χ1v) is 6.16. The maximum atomic E-state index is 9.02. The molecule has 1 N–H and O–H groups in total. The molecule has 0 amide bonds. The molecule has 2 nitrogen and oxygen atoms in total. The van der Waals surface area contributed by atoms with Gasteiger partial charge in [0, 0.05) is 19.1 Å². The summed E-state index contributed by atoms with van der Waals surface area (Å²) in [7, 11) is 0. The van der Waals surface area contributed by atoms with Crippen molar-refractivity contribution in [2.75, 3.05) is 19.7 Å². The predicted molar refractivity (Wildman–Crippen MR) is 60.4 cm³/mol. The molecular formula is C12H25NO. The number of rotatable bonds is 7. The minimum absolute atomic E-state index is 0.316. The first kappa shape index (κ1) is 12.0. The van der Waals surface area contributed by atoms with Crippen LogP contribution in [0.15, 0.2) is 0 Å². The molecule has 0 atom stereocenters. The summed E-state index contributed by atoms with van der Waals surface area (Å²) in [5.74, 6) is 0.821. The van der Waals surface area contributed by atoms with E-state index in [2.05, 4.69) is 18.7 Å². The molecule has 0 saturated heterocycles. The topological polar surface area (TPSA) is 23.5 Å². The molecule has 2 heteroatoms. The quantitative estimate of drug-likeness (QED) is 0.680. The number of nitrogens with zero attached hydrogens (tertiary/aromatic N) is 1. The highest BCUT2D eigenvalue weighted by atomic mass is 16.3. The molecule has 1 aliphatic rings. The molecule has 0 unspecified atom stereocenters. The van der Waals surface area contributed by atoms with Gasteiger partial charge in [-0.3, -0.25) is 4.90 Å². The Bertz CT molecular complexity index is 139. The van der Waals surface area contributed by atoms with E-state index in [4.69, 9.17) is 5.11 Å². The average Bonchev–Trinajstić information content (AvgIpc) is 2.11. The second-order valence-electron chi connectivity index (χ2n) is 4.49. The second kappa shape index (κ2) is 6.41. The Morgan fingerprint density at radius 1 is 1.29 bits per heavy atom. The zero-order valence-electron chi connectivity index (χ0n) is 9.71. The molecule has 0 bridgehead atoms. The summed E-state index contributed by atoms with van der Waals surface area (Å²) in [4.78, 5) is 2.50. The van der Waals surface area contributed by atoms with E-state index in [0.29, 0.717) is 6.61 Å². The Hall–Kier alpha value is -0.0800. The van der Waals surface area contributed by atoms with Crippen LogP contribution in [0, 0.1) is 5.92 Å². The summed E-state index contributed by atoms with van der Waals surface area (Å²) in [6.45, 7) is 6.92. The van der Waals surface area contributed by atoms with E-state index >= 15 is 0 Å². The lowest BCUT2D eigenvalue weighted by Gasteiger charge is -2.39. The van der Waals surface area contributed by atoms with Gasteiger partial charge in [0.15, 0.2) is 0 Å². The maximum absolute atomic E-state index is 9.02. The molecule has 1 aliphatic carbocycles. The Balaban J connectivity index is 2.32. The molecular weight excluding hydrogens is 174 g/mol. The third kappa shape index (κ3) is 3.25. The Labute approximate surface area is 88.3 Å². The molecule has 0 aromatic heterocycles. The lowest BCUT2D eigenvalue weighted by molar-refractivity contribution is 0.0834. The van der Waals surface area contributed by atoms with Crippen LogP contribution in [0.2, 0.25) is 0 Å². The Morgan fingerprint density at radius 3 is 2.29 bits per heavy atom. The van der Waals surface area contributed by atoms with Gasteiger partial charge in [0.25, 0.3) is 0 Å². The molecule has 0 radical (unpaired) electrons. The van der Waals surface area contributed by atoms with Gasteiger partial charge < -0.3 is 5.11 Å². The summed E-state index contributed by atoms with van der Waals surface area (Å²) < 4.78 is 0. The lowest BCUT2D eigenvalue weighted by Crippen LogP contribution is -2.44. The van der Waals surface area contributed by atoms with Crippen LogP contribution in [0.3, 0.4) is 0 Å². The van der Waals surface area contributed by atoms with Crippen molar-refractivity contribution in [1.82, 2.24) is 4.90 Å². The maximum Gasteiger partial charge on any atom is 0.0558 e. The standard InChI is InChI=1S/C12H25NO/c1-3-11(4-2)10-13(8-9-14)12-6-5-7-12/h11-12,14H,3-10H2,1-2H3. The van der Waals surface area contributed by atoms with Crippen LogP contribution >= 0.6 is 0 Å². The van der Waals surface area contributed by atoms with E-state index in [0.717, 1.165) is 18.5 Å². The number of aliphatic hydroxyl groups excluding tert-OH is 1. The van der Waals surface area contributed by atoms with Crippen molar-refractivity contribution in [3.63, 3.8) is 0 Å². The van der Waals surface area contributed by atoms with E-state index in [-0.39, 0.29) is 0 Å². The molecule has 0 spiro atoms. The predicted octanol–water partition coefficient (Wildman–Crippen LogP) is 2.27. The molecule has 0 aromatic rings. The van der Waals surface area contributed by atoms with Gasteiger partial charge in [0.2, 0.25) is 0 Å². The van der Waals surface area contributed by atoms with Gasteiger partial charge in [-0.25, -0.2) is 0 Å². The SMILES string of the molecule is CCC(CC)CN(CCO)C1CCC1. The first-order chi connectivity index (χ1) is 6.81. The fraction of sp³-hybridized carbons (Fsp3) is 1.00. The van der Waals surface area contributed by atoms with Gasteiger partial charge in [-0.2, -0.15) is 0 Å². The summed E-state index contributed by atoms with van der Waals surface area (Å²) in [6, 6.07) is 0.780. The van der Waals surface area contributed by atoms with E-state index in [1.165, 1.54) is 38.6 Å². The smallest absolute Gasteiger partial charge is 0.0558 e. The van der Waals surface area contributed by atoms with Crippen LogP contribution in [-0.2, 0) is 0 Å². The van der Waals surface area contributed by atoms with Crippen LogP contribution in [0.1, 0.15) is 46.0 Å². The third-order valence-electron chi connectivity index (χ3n) is 3.63. The highest BCUT2D eigenvalue weighted by molar-refractivity contribution is 4.81. The van der Waals surface area contributed by atoms with Crippen molar-refractivity contribution >= 4 is 0 Å². The monoisotopic (exact) mass is 199 g/mol. The minimum Gasteiger partial charge on any atom is -0.395 e. The Kier molecular flexibility index (Phi) is 5.49. The Morgan fingerprint density at radius 2 is 1.93 bits per heavy atom. The molecule has 0 aliphatic heterocycles. The second-order valence-corrected chi connectivity index (χ2v) is 4.49. The van der Waals surface area contributed by atoms with Gasteiger partial charge in [-0.05, 0) is 18.8 Å².